The number of amides is 1. The van der Waals surface area contributed by atoms with E-state index in [1.165, 1.54) is 12.1 Å². The number of nitrogens with one attached hydrogen (secondary N) is 1. The number of hydrogen-bond acceptors (Lipinski definition) is 4. The number of aliphatic hydroxyl groups is 1. The summed E-state index contributed by atoms with van der Waals surface area (Å²) in [4.78, 5) is 13.1. The lowest BCUT2D eigenvalue weighted by Crippen LogP contribution is -2.48. The first-order valence-electron chi connectivity index (χ1n) is 10.4. The third-order valence-corrected chi connectivity index (χ3v) is 6.86. The summed E-state index contributed by atoms with van der Waals surface area (Å²) in [7, 11) is 0. The molecule has 164 valence electrons. The first-order chi connectivity index (χ1) is 14.9. The molecule has 0 aromatic heterocycles. The Kier molecular flexibility index (Phi) is 6.51. The molecule has 5 nitrogen and oxygen atoms in total. The third kappa shape index (κ3) is 4.43. The summed E-state index contributed by atoms with van der Waals surface area (Å²) in [5.41, 5.74) is 1.70. The van der Waals surface area contributed by atoms with E-state index < -0.39 is 6.10 Å². The van der Waals surface area contributed by atoms with Crippen molar-refractivity contribution in [1.82, 2.24) is 5.32 Å². The Labute approximate surface area is 190 Å². The van der Waals surface area contributed by atoms with Gasteiger partial charge in [-0.25, -0.2) is 4.39 Å². The number of hydrogen-bond donors (Lipinski definition) is 2. The van der Waals surface area contributed by atoms with Gasteiger partial charge in [0.2, 0.25) is 0 Å². The van der Waals surface area contributed by atoms with Gasteiger partial charge in [-0.05, 0) is 42.7 Å². The zero-order chi connectivity index (χ0) is 22.1. The van der Waals surface area contributed by atoms with Crippen LogP contribution in [0.1, 0.15) is 44.2 Å². The summed E-state index contributed by atoms with van der Waals surface area (Å²) in [6.45, 7) is 1.90. The lowest BCUT2D eigenvalue weighted by atomic mass is 9.89. The van der Waals surface area contributed by atoms with E-state index >= 15 is 0 Å². The number of rotatable bonds is 4. The van der Waals surface area contributed by atoms with Crippen LogP contribution in [0.3, 0.4) is 0 Å². The first-order valence-corrected chi connectivity index (χ1v) is 11.2. The fourth-order valence-electron chi connectivity index (χ4n) is 4.37. The highest BCUT2D eigenvalue weighted by molar-refractivity contribution is 6.44. The number of nitrogens with zero attached hydrogens (tertiary/aromatic N) is 2. The molecule has 0 bridgehead atoms. The average molecular weight is 464 g/mol. The van der Waals surface area contributed by atoms with Gasteiger partial charge in [-0.15, -0.1) is 0 Å². The van der Waals surface area contributed by atoms with E-state index in [-0.39, 0.29) is 29.7 Å². The van der Waals surface area contributed by atoms with Crippen LogP contribution in [-0.2, 0) is 4.79 Å². The number of anilines is 1. The largest absolute Gasteiger partial charge is 0.391 e. The highest BCUT2D eigenvalue weighted by atomic mass is 35.5. The van der Waals surface area contributed by atoms with Crippen LogP contribution in [0.15, 0.2) is 47.6 Å². The van der Waals surface area contributed by atoms with Gasteiger partial charge in [0.15, 0.2) is 0 Å². The maximum Gasteiger partial charge on any atom is 0.268 e. The fraction of sp³-hybridized carbons (Fsp3) is 0.391. The van der Waals surface area contributed by atoms with Crippen molar-refractivity contribution in [1.29, 1.82) is 0 Å². The molecule has 8 heteroatoms. The molecule has 2 aliphatic rings. The van der Waals surface area contributed by atoms with Crippen molar-refractivity contribution in [2.45, 2.75) is 50.8 Å². The van der Waals surface area contributed by atoms with Gasteiger partial charge in [0.05, 0.1) is 33.9 Å². The molecule has 2 unspecified atom stereocenters. The van der Waals surface area contributed by atoms with Crippen LogP contribution in [0, 0.1) is 11.7 Å². The number of carbonyl (C=O) groups excluding carboxylic acids is 1. The van der Waals surface area contributed by atoms with Crippen molar-refractivity contribution in [3.05, 3.63) is 63.9 Å². The van der Waals surface area contributed by atoms with Gasteiger partial charge in [-0.1, -0.05) is 61.2 Å². The van der Waals surface area contributed by atoms with E-state index in [1.807, 2.05) is 6.92 Å². The van der Waals surface area contributed by atoms with Crippen LogP contribution in [0.25, 0.3) is 0 Å². The topological polar surface area (TPSA) is 64.9 Å². The Bertz CT molecular complexity index is 999. The smallest absolute Gasteiger partial charge is 0.268 e. The van der Waals surface area contributed by atoms with Gasteiger partial charge < -0.3 is 10.4 Å². The summed E-state index contributed by atoms with van der Waals surface area (Å²) in [5.74, 6) is -0.959. The maximum absolute atomic E-state index is 13.5. The molecule has 1 aliphatic carbocycles. The number of hydrazone groups is 1. The van der Waals surface area contributed by atoms with Gasteiger partial charge in [-0.3, -0.25) is 9.80 Å². The van der Waals surface area contributed by atoms with Crippen molar-refractivity contribution >= 4 is 40.5 Å². The summed E-state index contributed by atoms with van der Waals surface area (Å²) >= 11 is 12.7. The van der Waals surface area contributed by atoms with Crippen molar-refractivity contribution in [2.24, 2.45) is 11.0 Å². The van der Waals surface area contributed by atoms with Gasteiger partial charge in [-0.2, -0.15) is 5.10 Å². The molecular formula is C23H24Cl2FN3O2. The van der Waals surface area contributed by atoms with Gasteiger partial charge in [0.1, 0.15) is 11.5 Å². The van der Waals surface area contributed by atoms with Crippen LogP contribution in [-0.4, -0.2) is 28.9 Å². The zero-order valence-corrected chi connectivity index (χ0v) is 18.6. The highest BCUT2D eigenvalue weighted by Crippen LogP contribution is 2.43. The molecule has 1 heterocycles. The first kappa shape index (κ1) is 22.1. The minimum absolute atomic E-state index is 0.288. The summed E-state index contributed by atoms with van der Waals surface area (Å²) in [6.07, 6.45) is 2.78. The molecule has 2 aromatic carbocycles. The van der Waals surface area contributed by atoms with Gasteiger partial charge in [0.25, 0.3) is 5.91 Å². The molecule has 31 heavy (non-hydrogen) atoms. The summed E-state index contributed by atoms with van der Waals surface area (Å²) < 4.78 is 13.5. The zero-order valence-electron chi connectivity index (χ0n) is 17.1. The Morgan fingerprint density at radius 2 is 1.87 bits per heavy atom. The molecule has 1 fully saturated rings. The third-order valence-electron chi connectivity index (χ3n) is 6.05. The van der Waals surface area contributed by atoms with Crippen LogP contribution in [0.2, 0.25) is 10.0 Å². The van der Waals surface area contributed by atoms with Gasteiger partial charge in [0, 0.05) is 5.92 Å². The standard InChI is InChI=1S/C23H24Cl2FN3O2/c1-13-21(23(31)27-17-6-2-3-8-19(17)30)28-29(18-7-4-5-16(24)20(18)25)22(13)14-9-11-15(26)12-10-14/h4-5,7,9-13,17,19,22,30H,2-3,6,8H2,1H3,(H,27,31)/t13?,17-,19-,22?/m0/s1. The molecule has 1 amide bonds. The van der Waals surface area contributed by atoms with Crippen LogP contribution in [0.5, 0.6) is 0 Å². The molecule has 0 saturated heterocycles. The second-order valence-corrected chi connectivity index (χ2v) is 8.90. The molecule has 1 aliphatic heterocycles. The molecule has 0 radical (unpaired) electrons. The molecule has 2 aromatic rings. The predicted molar refractivity (Wildman–Crippen MR) is 121 cm³/mol. The van der Waals surface area contributed by atoms with Crippen LogP contribution >= 0.6 is 23.2 Å². The average Bonchev–Trinajstić information content (AvgIpc) is 3.09. The maximum atomic E-state index is 13.5. The van der Waals surface area contributed by atoms with Crippen molar-refractivity contribution in [3.63, 3.8) is 0 Å². The number of halogens is 3. The summed E-state index contributed by atoms with van der Waals surface area (Å²) in [6, 6.07) is 10.7. The normalized spacial score (nSPS) is 26.0. The fourth-order valence-corrected chi connectivity index (χ4v) is 4.75. The van der Waals surface area contributed by atoms with Crippen LogP contribution < -0.4 is 10.3 Å². The molecular weight excluding hydrogens is 440 g/mol. The molecule has 1 saturated carbocycles. The Balaban J connectivity index is 1.69. The van der Waals surface area contributed by atoms with E-state index in [9.17, 15) is 14.3 Å². The number of benzene rings is 2. The highest BCUT2D eigenvalue weighted by Gasteiger charge is 2.41. The Morgan fingerprint density at radius 3 is 2.58 bits per heavy atom. The lowest BCUT2D eigenvalue weighted by molar-refractivity contribution is -0.116. The molecule has 2 N–H and O–H groups in total. The molecule has 0 spiro atoms. The van der Waals surface area contributed by atoms with Crippen molar-refractivity contribution in [2.75, 3.05) is 5.01 Å². The number of carbonyl (C=O) groups is 1. The van der Waals surface area contributed by atoms with Crippen molar-refractivity contribution in [3.8, 4) is 0 Å². The van der Waals surface area contributed by atoms with Gasteiger partial charge >= 0.3 is 0 Å². The van der Waals surface area contributed by atoms with E-state index in [0.29, 0.717) is 27.9 Å². The second-order valence-electron chi connectivity index (χ2n) is 8.12. The SMILES string of the molecule is CC1C(C(=O)N[C@H]2CCCC[C@@H]2O)=NN(c2cccc(Cl)c2Cl)C1c1ccc(F)cc1. The van der Waals surface area contributed by atoms with E-state index in [1.54, 1.807) is 35.3 Å². The predicted octanol–water partition coefficient (Wildman–Crippen LogP) is 5.11. The minimum Gasteiger partial charge on any atom is -0.391 e. The van der Waals surface area contributed by atoms with Crippen molar-refractivity contribution < 1.29 is 14.3 Å². The van der Waals surface area contributed by atoms with E-state index in [0.717, 1.165) is 24.8 Å². The summed E-state index contributed by atoms with van der Waals surface area (Å²) in [5, 5.41) is 20.2. The van der Waals surface area contributed by atoms with Crippen LogP contribution in [0.4, 0.5) is 10.1 Å². The lowest BCUT2D eigenvalue weighted by Gasteiger charge is -2.29. The monoisotopic (exact) mass is 463 g/mol. The number of aliphatic hydroxyl groups excluding tert-OH is 1. The quantitative estimate of drug-likeness (QED) is 0.662. The Hall–Kier alpha value is -2.15. The molecule has 4 rings (SSSR count). The second kappa shape index (κ2) is 9.15. The van der Waals surface area contributed by atoms with E-state index in [4.69, 9.17) is 23.2 Å². The van der Waals surface area contributed by atoms with E-state index in [2.05, 4.69) is 10.4 Å². The molecule has 4 atom stereocenters. The minimum atomic E-state index is -0.554. The Morgan fingerprint density at radius 1 is 1.16 bits per heavy atom.